The molecule has 1 amide bonds. The van der Waals surface area contributed by atoms with Gasteiger partial charge in [0.2, 0.25) is 5.91 Å². The van der Waals surface area contributed by atoms with E-state index >= 15 is 0 Å². The molecule has 1 heterocycles. The van der Waals surface area contributed by atoms with Crippen molar-refractivity contribution in [2.45, 2.75) is 12.8 Å². The van der Waals surface area contributed by atoms with Gasteiger partial charge in [-0.3, -0.25) is 4.79 Å². The molecule has 0 spiro atoms. The number of rotatable bonds is 4. The summed E-state index contributed by atoms with van der Waals surface area (Å²) >= 11 is 0. The molecule has 3 heteroatoms. The Labute approximate surface area is 95.6 Å². The Morgan fingerprint density at radius 3 is 3.19 bits per heavy atom. The number of carbonyl (C=O) groups is 1. The maximum absolute atomic E-state index is 11.2. The zero-order valence-corrected chi connectivity index (χ0v) is 9.42. The van der Waals surface area contributed by atoms with Crippen molar-refractivity contribution in [3.8, 4) is 0 Å². The van der Waals surface area contributed by atoms with E-state index in [9.17, 15) is 4.79 Å². The van der Waals surface area contributed by atoms with Crippen LogP contribution in [0.1, 0.15) is 17.5 Å². The number of fused-ring (bicyclic) bond motifs is 1. The lowest BCUT2D eigenvalue weighted by atomic mass is 10.1. The van der Waals surface area contributed by atoms with E-state index in [1.807, 2.05) is 19.2 Å². The first-order chi connectivity index (χ1) is 7.79. The molecule has 1 aromatic carbocycles. The van der Waals surface area contributed by atoms with Crippen LogP contribution in [0.4, 0.5) is 5.69 Å². The molecular weight excluding hydrogens is 200 g/mol. The molecule has 2 rings (SSSR count). The molecule has 2 N–H and O–H groups in total. The molecule has 0 saturated heterocycles. The van der Waals surface area contributed by atoms with Gasteiger partial charge in [-0.1, -0.05) is 24.3 Å². The van der Waals surface area contributed by atoms with Crippen LogP contribution in [0.25, 0.3) is 6.08 Å². The third-order valence-electron chi connectivity index (χ3n) is 2.63. The fraction of sp³-hybridized carbons (Fsp3) is 0.308. The molecule has 16 heavy (non-hydrogen) atoms. The standard InChI is InChI=1S/C13H16N2O/c1-14-7-3-2-4-10-5-6-11-9-13(16)15-12(11)8-10/h2,4-6,8,14H,3,7,9H2,1H3,(H,15,16). The summed E-state index contributed by atoms with van der Waals surface area (Å²) in [6, 6.07) is 6.09. The van der Waals surface area contributed by atoms with Gasteiger partial charge in [-0.05, 0) is 37.2 Å². The number of carbonyl (C=O) groups excluding carboxylic acids is 1. The lowest BCUT2D eigenvalue weighted by molar-refractivity contribution is -0.115. The molecule has 0 radical (unpaired) electrons. The highest BCUT2D eigenvalue weighted by Gasteiger charge is 2.16. The minimum absolute atomic E-state index is 0.0892. The normalized spacial score (nSPS) is 14.2. The first-order valence-corrected chi connectivity index (χ1v) is 5.53. The van der Waals surface area contributed by atoms with Gasteiger partial charge in [0, 0.05) is 5.69 Å². The van der Waals surface area contributed by atoms with Crippen molar-refractivity contribution in [1.82, 2.24) is 5.32 Å². The van der Waals surface area contributed by atoms with Crippen LogP contribution in [0.3, 0.4) is 0 Å². The van der Waals surface area contributed by atoms with Crippen molar-refractivity contribution in [2.75, 3.05) is 18.9 Å². The second-order valence-electron chi connectivity index (χ2n) is 3.94. The van der Waals surface area contributed by atoms with E-state index in [0.717, 1.165) is 29.8 Å². The molecule has 1 aliphatic heterocycles. The molecule has 0 atom stereocenters. The minimum atomic E-state index is 0.0892. The van der Waals surface area contributed by atoms with Crippen LogP contribution in [0.5, 0.6) is 0 Å². The van der Waals surface area contributed by atoms with Gasteiger partial charge in [0.15, 0.2) is 0 Å². The number of nitrogens with one attached hydrogen (secondary N) is 2. The number of hydrogen-bond acceptors (Lipinski definition) is 2. The lowest BCUT2D eigenvalue weighted by Gasteiger charge is -2.00. The largest absolute Gasteiger partial charge is 0.326 e. The first-order valence-electron chi connectivity index (χ1n) is 5.53. The average molecular weight is 216 g/mol. The van der Waals surface area contributed by atoms with Gasteiger partial charge in [0.25, 0.3) is 0 Å². The fourth-order valence-electron chi connectivity index (χ4n) is 1.78. The number of amides is 1. The third kappa shape index (κ3) is 2.49. The summed E-state index contributed by atoms with van der Waals surface area (Å²) < 4.78 is 0. The fourth-order valence-corrected chi connectivity index (χ4v) is 1.78. The second kappa shape index (κ2) is 4.94. The van der Waals surface area contributed by atoms with E-state index < -0.39 is 0 Å². The quantitative estimate of drug-likeness (QED) is 0.754. The van der Waals surface area contributed by atoms with Crippen LogP contribution >= 0.6 is 0 Å². The van der Waals surface area contributed by atoms with E-state index in [1.165, 1.54) is 0 Å². The van der Waals surface area contributed by atoms with Crippen molar-refractivity contribution in [2.24, 2.45) is 0 Å². The van der Waals surface area contributed by atoms with Crippen molar-refractivity contribution >= 4 is 17.7 Å². The maximum Gasteiger partial charge on any atom is 0.228 e. The topological polar surface area (TPSA) is 41.1 Å². The highest BCUT2D eigenvalue weighted by Crippen LogP contribution is 2.24. The highest BCUT2D eigenvalue weighted by atomic mass is 16.1. The van der Waals surface area contributed by atoms with Crippen molar-refractivity contribution in [1.29, 1.82) is 0 Å². The van der Waals surface area contributed by atoms with Crippen LogP contribution < -0.4 is 10.6 Å². The minimum Gasteiger partial charge on any atom is -0.326 e. The van der Waals surface area contributed by atoms with Gasteiger partial charge in [0.05, 0.1) is 6.42 Å². The highest BCUT2D eigenvalue weighted by molar-refractivity contribution is 5.99. The van der Waals surface area contributed by atoms with Crippen molar-refractivity contribution < 1.29 is 4.79 Å². The Morgan fingerprint density at radius 1 is 1.50 bits per heavy atom. The molecule has 1 aliphatic rings. The third-order valence-corrected chi connectivity index (χ3v) is 2.63. The van der Waals surface area contributed by atoms with Crippen molar-refractivity contribution in [3.63, 3.8) is 0 Å². The molecule has 1 aromatic rings. The van der Waals surface area contributed by atoms with Crippen LogP contribution in [0.2, 0.25) is 0 Å². The molecule has 0 unspecified atom stereocenters. The van der Waals surface area contributed by atoms with E-state index in [2.05, 4.69) is 28.9 Å². The Bertz CT molecular complexity index is 424. The molecule has 0 fully saturated rings. The Kier molecular flexibility index (Phi) is 3.37. The van der Waals surface area contributed by atoms with Gasteiger partial charge in [0.1, 0.15) is 0 Å². The van der Waals surface area contributed by atoms with Crippen LogP contribution in [-0.2, 0) is 11.2 Å². The van der Waals surface area contributed by atoms with E-state index in [-0.39, 0.29) is 5.91 Å². The van der Waals surface area contributed by atoms with Crippen LogP contribution in [-0.4, -0.2) is 19.5 Å². The molecule has 84 valence electrons. The molecule has 0 aromatic heterocycles. The van der Waals surface area contributed by atoms with Gasteiger partial charge in [-0.25, -0.2) is 0 Å². The van der Waals surface area contributed by atoms with Gasteiger partial charge in [-0.2, -0.15) is 0 Å². The predicted molar refractivity (Wildman–Crippen MR) is 66.4 cm³/mol. The van der Waals surface area contributed by atoms with Gasteiger partial charge < -0.3 is 10.6 Å². The van der Waals surface area contributed by atoms with E-state index in [1.54, 1.807) is 0 Å². The van der Waals surface area contributed by atoms with E-state index in [0.29, 0.717) is 6.42 Å². The van der Waals surface area contributed by atoms with Gasteiger partial charge in [-0.15, -0.1) is 0 Å². The van der Waals surface area contributed by atoms with Crippen molar-refractivity contribution in [3.05, 3.63) is 35.4 Å². The summed E-state index contributed by atoms with van der Waals surface area (Å²) in [6.07, 6.45) is 5.75. The lowest BCUT2D eigenvalue weighted by Crippen LogP contribution is -2.05. The number of anilines is 1. The molecule has 3 nitrogen and oxygen atoms in total. The summed E-state index contributed by atoms with van der Waals surface area (Å²) in [5.74, 6) is 0.0892. The summed E-state index contributed by atoms with van der Waals surface area (Å²) in [5.41, 5.74) is 3.19. The summed E-state index contributed by atoms with van der Waals surface area (Å²) in [7, 11) is 1.94. The summed E-state index contributed by atoms with van der Waals surface area (Å²) in [5, 5.41) is 5.95. The Morgan fingerprint density at radius 2 is 2.38 bits per heavy atom. The molecule has 0 saturated carbocycles. The second-order valence-corrected chi connectivity index (χ2v) is 3.94. The van der Waals surface area contributed by atoms with Crippen LogP contribution in [0, 0.1) is 0 Å². The first kappa shape index (κ1) is 10.9. The van der Waals surface area contributed by atoms with Gasteiger partial charge >= 0.3 is 0 Å². The SMILES string of the molecule is CNCCC=Cc1ccc2c(c1)NC(=O)C2. The maximum atomic E-state index is 11.2. The zero-order chi connectivity index (χ0) is 11.4. The Hall–Kier alpha value is -1.61. The molecule has 0 aliphatic carbocycles. The smallest absolute Gasteiger partial charge is 0.228 e. The number of hydrogen-bond donors (Lipinski definition) is 2. The zero-order valence-electron chi connectivity index (χ0n) is 9.42. The van der Waals surface area contributed by atoms with E-state index in [4.69, 9.17) is 0 Å². The van der Waals surface area contributed by atoms with Crippen LogP contribution in [0.15, 0.2) is 24.3 Å². The summed E-state index contributed by atoms with van der Waals surface area (Å²) in [4.78, 5) is 11.2. The Balaban J connectivity index is 2.05. The molecular formula is C13H16N2O. The predicted octanol–water partition coefficient (Wildman–Crippen LogP) is 1.80. The average Bonchev–Trinajstić information content (AvgIpc) is 2.64. The number of benzene rings is 1. The molecule has 0 bridgehead atoms. The summed E-state index contributed by atoms with van der Waals surface area (Å²) in [6.45, 7) is 0.984. The monoisotopic (exact) mass is 216 g/mol.